The Hall–Kier alpha value is -2.52. The second-order valence-corrected chi connectivity index (χ2v) is 9.21. The Kier molecular flexibility index (Phi) is 11.8. The molecule has 36 heavy (non-hydrogen) atoms. The van der Waals surface area contributed by atoms with Crippen molar-refractivity contribution in [3.8, 4) is 11.5 Å². The van der Waals surface area contributed by atoms with Crippen LogP contribution in [0.15, 0.2) is 48.5 Å². The lowest BCUT2D eigenvalue weighted by Gasteiger charge is -2.28. The van der Waals surface area contributed by atoms with Gasteiger partial charge in [-0.05, 0) is 74.2 Å². The van der Waals surface area contributed by atoms with Gasteiger partial charge < -0.3 is 29.9 Å². The van der Waals surface area contributed by atoms with E-state index >= 15 is 0 Å². The molecule has 0 saturated carbocycles. The molecule has 0 bridgehead atoms. The van der Waals surface area contributed by atoms with Gasteiger partial charge in [-0.25, -0.2) is 8.78 Å². The topological polar surface area (TPSA) is 99.4 Å². The highest BCUT2D eigenvalue weighted by Gasteiger charge is 2.27. The first-order valence-electron chi connectivity index (χ1n) is 12.3. The Morgan fingerprint density at radius 2 is 0.917 bits per heavy atom. The van der Waals surface area contributed by atoms with E-state index in [1.807, 2.05) is 13.8 Å². The molecular formula is C28H38F2O6. The average Bonchev–Trinajstić information content (AvgIpc) is 2.94. The van der Waals surface area contributed by atoms with Crippen LogP contribution >= 0.6 is 0 Å². The molecule has 0 aromatic heterocycles. The normalized spacial score (nSPS) is 12.9. The predicted octanol–water partition coefficient (Wildman–Crippen LogP) is 4.75. The summed E-state index contributed by atoms with van der Waals surface area (Å²) in [6.45, 7) is 3.76. The monoisotopic (exact) mass is 508 g/mol. The van der Waals surface area contributed by atoms with E-state index in [2.05, 4.69) is 0 Å². The molecule has 0 aliphatic heterocycles. The number of benzene rings is 2. The van der Waals surface area contributed by atoms with E-state index in [-0.39, 0.29) is 50.8 Å². The highest BCUT2D eigenvalue weighted by Crippen LogP contribution is 2.32. The van der Waals surface area contributed by atoms with Gasteiger partial charge in [0.25, 0.3) is 0 Å². The number of rotatable bonds is 16. The van der Waals surface area contributed by atoms with Crippen LogP contribution < -0.4 is 9.47 Å². The molecule has 0 fully saturated rings. The van der Waals surface area contributed by atoms with Gasteiger partial charge in [0.2, 0.25) is 0 Å². The van der Waals surface area contributed by atoms with Gasteiger partial charge in [-0.1, -0.05) is 13.8 Å². The summed E-state index contributed by atoms with van der Waals surface area (Å²) in [6, 6.07) is 11.9. The number of aliphatic hydroxyl groups excluding tert-OH is 4. The van der Waals surface area contributed by atoms with Crippen molar-refractivity contribution in [2.45, 2.75) is 39.5 Å². The molecule has 2 aromatic rings. The molecular weight excluding hydrogens is 470 g/mol. The summed E-state index contributed by atoms with van der Waals surface area (Å²) in [5, 5.41) is 38.0. The summed E-state index contributed by atoms with van der Waals surface area (Å²) >= 11 is 0. The number of hydrogen-bond acceptors (Lipinski definition) is 6. The van der Waals surface area contributed by atoms with Crippen molar-refractivity contribution < 1.29 is 38.7 Å². The zero-order valence-corrected chi connectivity index (χ0v) is 21.1. The number of aliphatic hydroxyl groups is 4. The highest BCUT2D eigenvalue weighted by atomic mass is 19.2. The smallest absolute Gasteiger partial charge is 0.166 e. The molecule has 0 spiro atoms. The zero-order valence-electron chi connectivity index (χ0n) is 21.1. The van der Waals surface area contributed by atoms with Crippen molar-refractivity contribution in [1.29, 1.82) is 0 Å². The van der Waals surface area contributed by atoms with Gasteiger partial charge in [0, 0.05) is 22.0 Å². The molecule has 0 heterocycles. The van der Waals surface area contributed by atoms with Gasteiger partial charge >= 0.3 is 0 Å². The molecule has 4 N–H and O–H groups in total. The molecule has 0 aliphatic rings. The predicted molar refractivity (Wildman–Crippen MR) is 136 cm³/mol. The van der Waals surface area contributed by atoms with Crippen LogP contribution in [0, 0.1) is 10.8 Å². The molecule has 0 atom stereocenters. The van der Waals surface area contributed by atoms with Crippen LogP contribution in [0.5, 0.6) is 11.5 Å². The first-order valence-corrected chi connectivity index (χ1v) is 12.3. The summed E-state index contributed by atoms with van der Waals surface area (Å²) in [4.78, 5) is 0. The fourth-order valence-electron chi connectivity index (χ4n) is 3.64. The van der Waals surface area contributed by atoms with Crippen molar-refractivity contribution in [2.24, 2.45) is 10.8 Å². The molecule has 6 nitrogen and oxygen atoms in total. The second-order valence-electron chi connectivity index (χ2n) is 9.21. The van der Waals surface area contributed by atoms with Crippen LogP contribution in [0.25, 0.3) is 11.7 Å². The van der Waals surface area contributed by atoms with E-state index in [0.29, 0.717) is 37.2 Å². The highest BCUT2D eigenvalue weighted by molar-refractivity contribution is 5.83. The van der Waals surface area contributed by atoms with Crippen LogP contribution in [0.1, 0.15) is 50.7 Å². The lowest BCUT2D eigenvalue weighted by Crippen LogP contribution is -2.31. The van der Waals surface area contributed by atoms with E-state index in [4.69, 9.17) is 9.47 Å². The van der Waals surface area contributed by atoms with Crippen LogP contribution in [-0.2, 0) is 0 Å². The number of halogens is 2. The molecule has 0 saturated heterocycles. The Labute approximate surface area is 211 Å². The summed E-state index contributed by atoms with van der Waals surface area (Å²) in [6.07, 6.45) is 2.14. The largest absolute Gasteiger partial charge is 0.494 e. The summed E-state index contributed by atoms with van der Waals surface area (Å²) < 4.78 is 40.8. The molecule has 0 unspecified atom stereocenters. The SMILES string of the molecule is CCC(CO)(CO)CCOc1ccc(/C(F)=C(\F)c2ccc(OCCC(CC)(CO)CO)cc2)cc1. The first-order chi connectivity index (χ1) is 17.3. The maximum Gasteiger partial charge on any atom is 0.166 e. The van der Waals surface area contributed by atoms with Gasteiger partial charge in [-0.3, -0.25) is 0 Å². The number of ether oxygens (including phenoxy) is 2. The quantitative estimate of drug-likeness (QED) is 0.244. The third-order valence-electron chi connectivity index (χ3n) is 7.05. The lowest BCUT2D eigenvalue weighted by molar-refractivity contribution is 0.0324. The van der Waals surface area contributed by atoms with Gasteiger partial charge in [-0.2, -0.15) is 0 Å². The fourth-order valence-corrected chi connectivity index (χ4v) is 3.64. The van der Waals surface area contributed by atoms with Crippen molar-refractivity contribution in [2.75, 3.05) is 39.6 Å². The molecule has 0 radical (unpaired) electrons. The number of hydrogen-bond donors (Lipinski definition) is 4. The zero-order chi connectivity index (χ0) is 26.6. The average molecular weight is 509 g/mol. The first kappa shape index (κ1) is 29.7. The van der Waals surface area contributed by atoms with Crippen LogP contribution in [-0.4, -0.2) is 60.1 Å². The summed E-state index contributed by atoms with van der Waals surface area (Å²) in [5.41, 5.74) is -1.06. The van der Waals surface area contributed by atoms with Gasteiger partial charge in [-0.15, -0.1) is 0 Å². The minimum absolute atomic E-state index is 0.0673. The van der Waals surface area contributed by atoms with Crippen molar-refractivity contribution in [3.63, 3.8) is 0 Å². The Balaban J connectivity index is 1.98. The molecule has 0 aliphatic carbocycles. The van der Waals surface area contributed by atoms with Gasteiger partial charge in [0.1, 0.15) is 11.5 Å². The van der Waals surface area contributed by atoms with Crippen LogP contribution in [0.3, 0.4) is 0 Å². The summed E-state index contributed by atoms with van der Waals surface area (Å²) in [7, 11) is 0. The molecule has 0 amide bonds. The Morgan fingerprint density at radius 1 is 0.611 bits per heavy atom. The van der Waals surface area contributed by atoms with E-state index in [1.54, 1.807) is 24.3 Å². The van der Waals surface area contributed by atoms with Crippen LogP contribution in [0.2, 0.25) is 0 Å². The third kappa shape index (κ3) is 7.74. The molecule has 8 heteroatoms. The van der Waals surface area contributed by atoms with E-state index in [9.17, 15) is 29.2 Å². The van der Waals surface area contributed by atoms with E-state index < -0.39 is 22.5 Å². The molecule has 2 aromatic carbocycles. The van der Waals surface area contributed by atoms with Crippen molar-refractivity contribution >= 4 is 11.7 Å². The maximum atomic E-state index is 14.8. The fraction of sp³-hybridized carbons (Fsp3) is 0.500. The van der Waals surface area contributed by atoms with Crippen molar-refractivity contribution in [1.82, 2.24) is 0 Å². The van der Waals surface area contributed by atoms with E-state index in [1.165, 1.54) is 24.3 Å². The summed E-state index contributed by atoms with van der Waals surface area (Å²) in [5.74, 6) is -1.05. The minimum Gasteiger partial charge on any atom is -0.494 e. The maximum absolute atomic E-state index is 14.8. The molecule has 2 rings (SSSR count). The van der Waals surface area contributed by atoms with Gasteiger partial charge in [0.15, 0.2) is 11.7 Å². The Bertz CT molecular complexity index is 841. The van der Waals surface area contributed by atoms with Gasteiger partial charge in [0.05, 0.1) is 39.6 Å². The Morgan fingerprint density at radius 3 is 1.17 bits per heavy atom. The standard InChI is InChI=1S/C28H38F2O6/c1-3-27(17-31,18-32)13-15-35-23-9-5-21(6-10-23)25(29)26(30)22-7-11-24(12-8-22)36-16-14-28(4-2,19-33)20-34/h5-12,31-34H,3-4,13-20H2,1-2H3/b26-25+. The van der Waals surface area contributed by atoms with Crippen molar-refractivity contribution in [3.05, 3.63) is 59.7 Å². The minimum atomic E-state index is -1.00. The molecule has 200 valence electrons. The van der Waals surface area contributed by atoms with Crippen LogP contribution in [0.4, 0.5) is 8.78 Å². The lowest BCUT2D eigenvalue weighted by atomic mass is 9.84. The van der Waals surface area contributed by atoms with E-state index in [0.717, 1.165) is 0 Å². The second kappa shape index (κ2) is 14.3. The third-order valence-corrected chi connectivity index (χ3v) is 7.05.